The van der Waals surface area contributed by atoms with Gasteiger partial charge in [-0.25, -0.2) is 9.78 Å². The quantitative estimate of drug-likeness (QED) is 0.774. The van der Waals surface area contributed by atoms with Gasteiger partial charge in [0, 0.05) is 24.8 Å². The van der Waals surface area contributed by atoms with Gasteiger partial charge >= 0.3 is 5.97 Å². The van der Waals surface area contributed by atoms with Crippen LogP contribution >= 0.6 is 0 Å². The van der Waals surface area contributed by atoms with Crippen molar-refractivity contribution >= 4 is 5.97 Å². The predicted octanol–water partition coefficient (Wildman–Crippen LogP) is 2.45. The standard InChI is InChI=1S/C14H17N3O2/c1-3-12(11-5-7-15-8-6-11)17-10-9-16-13(17)14(18)19-4-2/h5-10,12H,3-4H2,1-2H3. The molecule has 19 heavy (non-hydrogen) atoms. The molecule has 0 saturated carbocycles. The van der Waals surface area contributed by atoms with E-state index in [0.717, 1.165) is 12.0 Å². The van der Waals surface area contributed by atoms with E-state index in [1.54, 1.807) is 31.7 Å². The number of imidazole rings is 1. The molecule has 2 rings (SSSR count). The van der Waals surface area contributed by atoms with Crippen LogP contribution < -0.4 is 0 Å². The first-order valence-corrected chi connectivity index (χ1v) is 6.37. The Morgan fingerprint density at radius 3 is 2.68 bits per heavy atom. The minimum atomic E-state index is -0.389. The zero-order valence-corrected chi connectivity index (χ0v) is 11.1. The normalized spacial score (nSPS) is 12.1. The number of esters is 1. The summed E-state index contributed by atoms with van der Waals surface area (Å²) in [6, 6.07) is 3.96. The second-order valence-corrected chi connectivity index (χ2v) is 4.08. The highest BCUT2D eigenvalue weighted by Gasteiger charge is 2.20. The molecule has 0 fully saturated rings. The second-order valence-electron chi connectivity index (χ2n) is 4.08. The molecule has 0 N–H and O–H groups in total. The van der Waals surface area contributed by atoms with E-state index in [1.165, 1.54) is 0 Å². The van der Waals surface area contributed by atoms with Gasteiger partial charge in [0.2, 0.25) is 5.82 Å². The van der Waals surface area contributed by atoms with Crippen LogP contribution in [-0.4, -0.2) is 27.1 Å². The van der Waals surface area contributed by atoms with Gasteiger partial charge in [-0.2, -0.15) is 0 Å². The number of nitrogens with zero attached hydrogens (tertiary/aromatic N) is 3. The first-order chi connectivity index (χ1) is 9.27. The van der Waals surface area contributed by atoms with Crippen molar-refractivity contribution in [1.29, 1.82) is 0 Å². The van der Waals surface area contributed by atoms with E-state index in [2.05, 4.69) is 16.9 Å². The van der Waals surface area contributed by atoms with Crippen LogP contribution in [0.15, 0.2) is 36.9 Å². The van der Waals surface area contributed by atoms with Crippen LogP contribution in [0.1, 0.15) is 42.5 Å². The van der Waals surface area contributed by atoms with Crippen molar-refractivity contribution in [2.75, 3.05) is 6.61 Å². The van der Waals surface area contributed by atoms with Crippen LogP contribution in [0, 0.1) is 0 Å². The van der Waals surface area contributed by atoms with Crippen molar-refractivity contribution in [3.05, 3.63) is 48.3 Å². The number of carbonyl (C=O) groups excluding carboxylic acids is 1. The number of hydrogen-bond acceptors (Lipinski definition) is 4. The molecular formula is C14H17N3O2. The van der Waals surface area contributed by atoms with Gasteiger partial charge in [0.05, 0.1) is 12.6 Å². The fourth-order valence-corrected chi connectivity index (χ4v) is 2.10. The lowest BCUT2D eigenvalue weighted by atomic mass is 10.1. The summed E-state index contributed by atoms with van der Waals surface area (Å²) < 4.78 is 6.88. The number of aromatic nitrogens is 3. The number of rotatable bonds is 5. The zero-order valence-electron chi connectivity index (χ0n) is 11.1. The Hall–Kier alpha value is -2.17. The van der Waals surface area contributed by atoms with Crippen molar-refractivity contribution in [3.63, 3.8) is 0 Å². The maximum absolute atomic E-state index is 11.9. The first kappa shape index (κ1) is 13.3. The molecule has 2 aromatic rings. The summed E-state index contributed by atoms with van der Waals surface area (Å²) in [5.41, 5.74) is 1.10. The molecular weight excluding hydrogens is 242 g/mol. The van der Waals surface area contributed by atoms with Crippen molar-refractivity contribution in [2.24, 2.45) is 0 Å². The van der Waals surface area contributed by atoms with Crippen LogP contribution in [0.25, 0.3) is 0 Å². The Labute approximate surface area is 112 Å². The van der Waals surface area contributed by atoms with E-state index < -0.39 is 0 Å². The SMILES string of the molecule is CCOC(=O)c1nccn1C(CC)c1ccncc1. The zero-order chi connectivity index (χ0) is 13.7. The lowest BCUT2D eigenvalue weighted by Gasteiger charge is -2.18. The molecule has 0 radical (unpaired) electrons. The fourth-order valence-electron chi connectivity index (χ4n) is 2.10. The van der Waals surface area contributed by atoms with E-state index in [9.17, 15) is 4.79 Å². The Kier molecular flexibility index (Phi) is 4.28. The van der Waals surface area contributed by atoms with E-state index in [4.69, 9.17) is 4.74 Å². The molecule has 0 aromatic carbocycles. The summed E-state index contributed by atoms with van der Waals surface area (Å²) in [5, 5.41) is 0. The van der Waals surface area contributed by atoms with Crippen molar-refractivity contribution in [2.45, 2.75) is 26.3 Å². The molecule has 0 aliphatic rings. The van der Waals surface area contributed by atoms with Gasteiger partial charge in [-0.3, -0.25) is 4.98 Å². The Bertz CT molecular complexity index is 537. The fraction of sp³-hybridized carbons (Fsp3) is 0.357. The molecule has 0 spiro atoms. The number of carbonyl (C=O) groups is 1. The summed E-state index contributed by atoms with van der Waals surface area (Å²) in [6.07, 6.45) is 7.78. The van der Waals surface area contributed by atoms with Crippen LogP contribution in [-0.2, 0) is 4.74 Å². The molecule has 100 valence electrons. The molecule has 0 bridgehead atoms. The Morgan fingerprint density at radius 1 is 1.32 bits per heavy atom. The van der Waals surface area contributed by atoms with Gasteiger partial charge in [-0.1, -0.05) is 6.92 Å². The van der Waals surface area contributed by atoms with E-state index >= 15 is 0 Å². The molecule has 1 atom stereocenters. The summed E-state index contributed by atoms with van der Waals surface area (Å²) in [4.78, 5) is 20.0. The van der Waals surface area contributed by atoms with Crippen LogP contribution in [0.5, 0.6) is 0 Å². The smallest absolute Gasteiger partial charge is 0.374 e. The molecule has 0 aliphatic carbocycles. The molecule has 5 heteroatoms. The molecule has 2 heterocycles. The van der Waals surface area contributed by atoms with Gasteiger partial charge in [-0.05, 0) is 31.0 Å². The minimum absolute atomic E-state index is 0.0601. The third kappa shape index (κ3) is 2.81. The van der Waals surface area contributed by atoms with Gasteiger partial charge in [0.25, 0.3) is 0 Å². The van der Waals surface area contributed by atoms with E-state index in [-0.39, 0.29) is 12.0 Å². The van der Waals surface area contributed by atoms with Crippen molar-refractivity contribution in [1.82, 2.24) is 14.5 Å². The molecule has 5 nitrogen and oxygen atoms in total. The minimum Gasteiger partial charge on any atom is -0.460 e. The molecule has 0 aliphatic heterocycles. The van der Waals surface area contributed by atoms with E-state index in [0.29, 0.717) is 12.4 Å². The molecule has 0 amide bonds. The number of hydrogen-bond donors (Lipinski definition) is 0. The van der Waals surface area contributed by atoms with Crippen LogP contribution in [0.4, 0.5) is 0 Å². The Balaban J connectivity index is 2.35. The molecule has 0 saturated heterocycles. The number of ether oxygens (including phenoxy) is 1. The summed E-state index contributed by atoms with van der Waals surface area (Å²) >= 11 is 0. The highest BCUT2D eigenvalue weighted by Crippen LogP contribution is 2.22. The van der Waals surface area contributed by atoms with Crippen LogP contribution in [0.2, 0.25) is 0 Å². The van der Waals surface area contributed by atoms with Gasteiger partial charge in [0.15, 0.2) is 0 Å². The lowest BCUT2D eigenvalue weighted by molar-refractivity contribution is 0.0504. The van der Waals surface area contributed by atoms with Gasteiger partial charge in [-0.15, -0.1) is 0 Å². The van der Waals surface area contributed by atoms with Gasteiger partial charge in [0.1, 0.15) is 0 Å². The molecule has 1 unspecified atom stereocenters. The van der Waals surface area contributed by atoms with Crippen LogP contribution in [0.3, 0.4) is 0 Å². The monoisotopic (exact) mass is 259 g/mol. The van der Waals surface area contributed by atoms with Crippen molar-refractivity contribution in [3.8, 4) is 0 Å². The summed E-state index contributed by atoms with van der Waals surface area (Å²) in [5.74, 6) is -0.0504. The third-order valence-electron chi connectivity index (χ3n) is 2.94. The predicted molar refractivity (Wildman–Crippen MR) is 70.9 cm³/mol. The average Bonchev–Trinajstić information content (AvgIpc) is 2.90. The summed E-state index contributed by atoms with van der Waals surface area (Å²) in [6.45, 7) is 4.20. The van der Waals surface area contributed by atoms with Crippen molar-refractivity contribution < 1.29 is 9.53 Å². The van der Waals surface area contributed by atoms with E-state index in [1.807, 2.05) is 16.7 Å². The highest BCUT2D eigenvalue weighted by molar-refractivity contribution is 5.85. The van der Waals surface area contributed by atoms with Gasteiger partial charge < -0.3 is 9.30 Å². The first-order valence-electron chi connectivity index (χ1n) is 6.37. The number of pyridine rings is 1. The third-order valence-corrected chi connectivity index (χ3v) is 2.94. The largest absolute Gasteiger partial charge is 0.460 e. The molecule has 2 aromatic heterocycles. The average molecular weight is 259 g/mol. The summed E-state index contributed by atoms with van der Waals surface area (Å²) in [7, 11) is 0. The highest BCUT2D eigenvalue weighted by atomic mass is 16.5. The maximum atomic E-state index is 11.9. The maximum Gasteiger partial charge on any atom is 0.374 e. The lowest BCUT2D eigenvalue weighted by Crippen LogP contribution is -2.18. The Morgan fingerprint density at radius 2 is 2.05 bits per heavy atom. The second kappa shape index (κ2) is 6.13. The topological polar surface area (TPSA) is 57.0 Å².